The number of hydrogen-bond acceptors (Lipinski definition) is 3. The summed E-state index contributed by atoms with van der Waals surface area (Å²) in [5, 5.41) is 7.93. The first-order chi connectivity index (χ1) is 3.68. The monoisotopic (exact) mass is 134 g/mol. The third-order valence-corrected chi connectivity index (χ3v) is 0.801. The fourth-order valence-corrected chi connectivity index (χ4v) is 0.412. The number of rotatable bonds is 3. The van der Waals surface area contributed by atoms with Crippen LogP contribution in [0.15, 0.2) is 0 Å². The van der Waals surface area contributed by atoms with Crippen LogP contribution in [-0.2, 0) is 9.59 Å². The minimum absolute atomic E-state index is 0.0123. The number of thiol groups is 1. The first-order valence-electron chi connectivity index (χ1n) is 2.05. The van der Waals surface area contributed by atoms with E-state index in [1.54, 1.807) is 0 Å². The van der Waals surface area contributed by atoms with E-state index in [0.29, 0.717) is 5.75 Å². The number of hydrogen-bond donors (Lipinski definition) is 2. The van der Waals surface area contributed by atoms with Gasteiger partial charge in [-0.15, -0.1) is 0 Å². The smallest absolute Gasteiger partial charge is 0.372 e. The molecule has 46 valence electrons. The molecule has 0 fully saturated rings. The molecule has 0 rings (SSSR count). The topological polar surface area (TPSA) is 54.4 Å². The molecule has 0 aromatic rings. The first kappa shape index (κ1) is 7.49. The molecule has 0 amide bonds. The summed E-state index contributed by atoms with van der Waals surface area (Å²) in [5.74, 6) is -1.86. The standard InChI is InChI=1S/C4H6O3S/c5-3(1-2-8)4(6)7/h8H,1-2H2,(H,6,7). The lowest BCUT2D eigenvalue weighted by Gasteiger charge is -1.85. The molecule has 4 heteroatoms. The number of ketones is 1. The van der Waals surface area contributed by atoms with Crippen molar-refractivity contribution in [3.05, 3.63) is 0 Å². The zero-order valence-electron chi connectivity index (χ0n) is 4.13. The average Bonchev–Trinajstić information content (AvgIpc) is 1.67. The Bertz CT molecular complexity index is 110. The second-order valence-corrected chi connectivity index (χ2v) is 1.65. The molecular weight excluding hydrogens is 128 g/mol. The molecule has 0 heterocycles. The zero-order chi connectivity index (χ0) is 6.57. The molecule has 0 saturated heterocycles. The molecule has 0 aliphatic heterocycles. The Balaban J connectivity index is 3.49. The van der Waals surface area contributed by atoms with Crippen molar-refractivity contribution in [2.75, 3.05) is 5.75 Å². The highest BCUT2D eigenvalue weighted by Gasteiger charge is 2.07. The van der Waals surface area contributed by atoms with Crippen LogP contribution in [0.4, 0.5) is 0 Å². The summed E-state index contributed by atoms with van der Waals surface area (Å²) < 4.78 is 0. The van der Waals surface area contributed by atoms with E-state index in [2.05, 4.69) is 12.6 Å². The van der Waals surface area contributed by atoms with Crippen LogP contribution in [0.5, 0.6) is 0 Å². The van der Waals surface area contributed by atoms with Gasteiger partial charge in [0.2, 0.25) is 5.78 Å². The van der Waals surface area contributed by atoms with Crippen LogP contribution in [-0.4, -0.2) is 22.6 Å². The summed E-state index contributed by atoms with van der Waals surface area (Å²) in [5.41, 5.74) is 0. The third-order valence-electron chi connectivity index (χ3n) is 0.577. The summed E-state index contributed by atoms with van der Waals surface area (Å²) in [6.45, 7) is 0. The maximum atomic E-state index is 10.1. The maximum absolute atomic E-state index is 10.1. The van der Waals surface area contributed by atoms with E-state index in [1.165, 1.54) is 0 Å². The van der Waals surface area contributed by atoms with Gasteiger partial charge in [0.1, 0.15) is 0 Å². The van der Waals surface area contributed by atoms with Gasteiger partial charge in [0.15, 0.2) is 0 Å². The second kappa shape index (κ2) is 3.49. The molecule has 0 radical (unpaired) electrons. The predicted octanol–water partition coefficient (Wildman–Crippen LogP) is -0.0400. The SMILES string of the molecule is O=C(O)C(=O)CCS. The average molecular weight is 134 g/mol. The highest BCUT2D eigenvalue weighted by molar-refractivity contribution is 7.80. The number of aliphatic carboxylic acids is 1. The molecule has 0 aliphatic rings. The van der Waals surface area contributed by atoms with E-state index < -0.39 is 11.8 Å². The van der Waals surface area contributed by atoms with Crippen LogP contribution in [0.3, 0.4) is 0 Å². The van der Waals surface area contributed by atoms with Crippen molar-refractivity contribution in [2.24, 2.45) is 0 Å². The van der Waals surface area contributed by atoms with E-state index in [4.69, 9.17) is 5.11 Å². The first-order valence-corrected chi connectivity index (χ1v) is 2.68. The molecule has 0 unspecified atom stereocenters. The fourth-order valence-electron chi connectivity index (χ4n) is 0.208. The van der Waals surface area contributed by atoms with Gasteiger partial charge in [-0.3, -0.25) is 4.79 Å². The third kappa shape index (κ3) is 2.63. The number of carbonyl (C=O) groups is 2. The summed E-state index contributed by atoms with van der Waals surface area (Å²) in [4.78, 5) is 19.8. The van der Waals surface area contributed by atoms with E-state index in [-0.39, 0.29) is 6.42 Å². The lowest BCUT2D eigenvalue weighted by molar-refractivity contribution is -0.148. The van der Waals surface area contributed by atoms with Crippen molar-refractivity contribution in [1.29, 1.82) is 0 Å². The second-order valence-electron chi connectivity index (χ2n) is 1.20. The molecule has 0 aromatic heterocycles. The summed E-state index contributed by atoms with van der Waals surface area (Å²) in [7, 11) is 0. The lowest BCUT2D eigenvalue weighted by atomic mass is 10.3. The summed E-state index contributed by atoms with van der Waals surface area (Å²) >= 11 is 3.67. The van der Waals surface area contributed by atoms with Crippen LogP contribution in [0.25, 0.3) is 0 Å². The van der Waals surface area contributed by atoms with Crippen molar-refractivity contribution in [3.8, 4) is 0 Å². The van der Waals surface area contributed by atoms with Gasteiger partial charge >= 0.3 is 5.97 Å². The number of carboxylic acids is 1. The molecule has 0 spiro atoms. The minimum atomic E-state index is -1.38. The van der Waals surface area contributed by atoms with Gasteiger partial charge in [0.05, 0.1) is 0 Å². The maximum Gasteiger partial charge on any atom is 0.372 e. The van der Waals surface area contributed by atoms with E-state index in [9.17, 15) is 9.59 Å². The van der Waals surface area contributed by atoms with Gasteiger partial charge in [0, 0.05) is 6.42 Å². The molecule has 8 heavy (non-hydrogen) atoms. The Kier molecular flexibility index (Phi) is 3.26. The Morgan fingerprint density at radius 2 is 2.00 bits per heavy atom. The molecule has 0 aromatic carbocycles. The van der Waals surface area contributed by atoms with E-state index in [0.717, 1.165) is 0 Å². The number of Topliss-reactive ketones (excluding diaryl/α,β-unsaturated/α-hetero) is 1. The van der Waals surface area contributed by atoms with Crippen LogP contribution in [0, 0.1) is 0 Å². The van der Waals surface area contributed by atoms with E-state index >= 15 is 0 Å². The Morgan fingerprint density at radius 1 is 1.50 bits per heavy atom. The molecule has 0 saturated carbocycles. The molecule has 1 N–H and O–H groups in total. The zero-order valence-corrected chi connectivity index (χ0v) is 5.02. The van der Waals surface area contributed by atoms with Crippen LogP contribution < -0.4 is 0 Å². The van der Waals surface area contributed by atoms with Crippen LogP contribution >= 0.6 is 12.6 Å². The Hall–Kier alpha value is -0.510. The van der Waals surface area contributed by atoms with Gasteiger partial charge in [0.25, 0.3) is 0 Å². The summed E-state index contributed by atoms with van der Waals surface area (Å²) in [6, 6.07) is 0. The van der Waals surface area contributed by atoms with Crippen LogP contribution in [0.1, 0.15) is 6.42 Å². The number of carbonyl (C=O) groups excluding carboxylic acids is 1. The minimum Gasteiger partial charge on any atom is -0.476 e. The Morgan fingerprint density at radius 3 is 2.12 bits per heavy atom. The molecule has 0 aliphatic carbocycles. The predicted molar refractivity (Wildman–Crippen MR) is 31.1 cm³/mol. The van der Waals surface area contributed by atoms with Gasteiger partial charge < -0.3 is 5.11 Å². The fraction of sp³-hybridized carbons (Fsp3) is 0.500. The van der Waals surface area contributed by atoms with Crippen LogP contribution in [0.2, 0.25) is 0 Å². The van der Waals surface area contributed by atoms with Gasteiger partial charge in [-0.2, -0.15) is 12.6 Å². The van der Waals surface area contributed by atoms with Gasteiger partial charge in [-0.25, -0.2) is 4.79 Å². The van der Waals surface area contributed by atoms with Gasteiger partial charge in [-0.05, 0) is 5.75 Å². The highest BCUT2D eigenvalue weighted by atomic mass is 32.1. The molecule has 0 bridgehead atoms. The van der Waals surface area contributed by atoms with Crippen molar-refractivity contribution >= 4 is 24.4 Å². The van der Waals surface area contributed by atoms with Crippen molar-refractivity contribution in [2.45, 2.75) is 6.42 Å². The normalized spacial score (nSPS) is 8.62. The quantitative estimate of drug-likeness (QED) is 0.420. The van der Waals surface area contributed by atoms with E-state index in [1.807, 2.05) is 0 Å². The summed E-state index contributed by atoms with van der Waals surface area (Å²) in [6.07, 6.45) is 0.0123. The highest BCUT2D eigenvalue weighted by Crippen LogP contribution is 1.84. The van der Waals surface area contributed by atoms with Crippen molar-refractivity contribution < 1.29 is 14.7 Å². The van der Waals surface area contributed by atoms with Crippen molar-refractivity contribution in [1.82, 2.24) is 0 Å². The van der Waals surface area contributed by atoms with Gasteiger partial charge in [-0.1, -0.05) is 0 Å². The largest absolute Gasteiger partial charge is 0.476 e. The molecule has 3 nitrogen and oxygen atoms in total. The lowest BCUT2D eigenvalue weighted by Crippen LogP contribution is -2.12. The molecular formula is C4H6O3S. The number of carboxylic acid groups (broad SMARTS) is 1. The van der Waals surface area contributed by atoms with Crippen molar-refractivity contribution in [3.63, 3.8) is 0 Å². The molecule has 0 atom stereocenters. The Labute approximate surface area is 52.1 Å².